The van der Waals surface area contributed by atoms with Crippen LogP contribution in [-0.2, 0) is 9.53 Å². The number of esters is 1. The molecule has 1 saturated carbocycles. The van der Waals surface area contributed by atoms with E-state index in [1.165, 1.54) is 0 Å². The summed E-state index contributed by atoms with van der Waals surface area (Å²) in [7, 11) is 0. The van der Waals surface area contributed by atoms with E-state index in [4.69, 9.17) is 9.47 Å². The minimum atomic E-state index is -0.0679. The molecule has 1 aromatic heterocycles. The van der Waals surface area contributed by atoms with Crippen molar-refractivity contribution in [1.82, 2.24) is 4.98 Å². The fourth-order valence-corrected chi connectivity index (χ4v) is 2.82. The molecule has 1 fully saturated rings. The molecule has 1 aliphatic rings. The van der Waals surface area contributed by atoms with Crippen molar-refractivity contribution < 1.29 is 14.3 Å². The first-order chi connectivity index (χ1) is 10.8. The quantitative estimate of drug-likeness (QED) is 0.579. The third kappa shape index (κ3) is 3.38. The highest BCUT2D eigenvalue weighted by atomic mass is 16.6. The summed E-state index contributed by atoms with van der Waals surface area (Å²) in [6.45, 7) is 2.81. The van der Waals surface area contributed by atoms with Gasteiger partial charge in [0.2, 0.25) is 0 Å². The van der Waals surface area contributed by atoms with E-state index in [1.807, 2.05) is 30.3 Å². The number of ether oxygens (including phenoxy) is 2. The summed E-state index contributed by atoms with van der Waals surface area (Å²) in [5.74, 6) is 1.38. The van der Waals surface area contributed by atoms with Gasteiger partial charge in [0, 0.05) is 11.6 Å². The fourth-order valence-electron chi connectivity index (χ4n) is 2.82. The number of nitrogens with zero attached hydrogens (tertiary/aromatic N) is 1. The maximum Gasteiger partial charge on any atom is 0.309 e. The smallest absolute Gasteiger partial charge is 0.309 e. The van der Waals surface area contributed by atoms with Crippen LogP contribution in [0.1, 0.15) is 26.2 Å². The fraction of sp³-hybridized carbons (Fsp3) is 0.444. The van der Waals surface area contributed by atoms with E-state index in [0.29, 0.717) is 19.1 Å². The third-order valence-corrected chi connectivity index (χ3v) is 4.08. The van der Waals surface area contributed by atoms with Gasteiger partial charge in [-0.2, -0.15) is 0 Å². The molecule has 1 heterocycles. The number of benzene rings is 1. The van der Waals surface area contributed by atoms with Crippen LogP contribution >= 0.6 is 0 Å². The molecule has 2 atom stereocenters. The predicted molar refractivity (Wildman–Crippen MR) is 84.7 cm³/mol. The largest absolute Gasteiger partial charge is 0.489 e. The second-order valence-corrected chi connectivity index (χ2v) is 5.73. The molecule has 116 valence electrons. The minimum absolute atomic E-state index is 0.0679. The monoisotopic (exact) mass is 299 g/mol. The number of hydrogen-bond acceptors (Lipinski definition) is 4. The van der Waals surface area contributed by atoms with Gasteiger partial charge in [0.1, 0.15) is 19.0 Å². The van der Waals surface area contributed by atoms with Gasteiger partial charge in [0.15, 0.2) is 0 Å². The van der Waals surface area contributed by atoms with Crippen LogP contribution < -0.4 is 4.74 Å². The number of para-hydroxylation sites is 1. The lowest BCUT2D eigenvalue weighted by atomic mass is 10.2. The Morgan fingerprint density at radius 2 is 2.14 bits per heavy atom. The first-order valence-electron chi connectivity index (χ1n) is 7.92. The number of aromatic nitrogens is 1. The minimum Gasteiger partial charge on any atom is -0.489 e. The molecule has 0 unspecified atom stereocenters. The summed E-state index contributed by atoms with van der Waals surface area (Å²) in [6.07, 6.45) is 4.97. The first kappa shape index (κ1) is 14.8. The average molecular weight is 299 g/mol. The van der Waals surface area contributed by atoms with Crippen LogP contribution in [0.25, 0.3) is 10.9 Å². The number of rotatable bonds is 7. The molecule has 4 heteroatoms. The van der Waals surface area contributed by atoms with Crippen molar-refractivity contribution in [1.29, 1.82) is 0 Å². The Labute approximate surface area is 130 Å². The van der Waals surface area contributed by atoms with E-state index >= 15 is 0 Å². The Hall–Kier alpha value is -2.10. The summed E-state index contributed by atoms with van der Waals surface area (Å²) < 4.78 is 11.0. The first-order valence-corrected chi connectivity index (χ1v) is 7.92. The van der Waals surface area contributed by atoms with Crippen LogP contribution in [0.2, 0.25) is 0 Å². The standard InChI is InChI=1S/C18H21NO3/c1-2-5-13-12-15(13)18(20)22-11-10-21-17-8-9-19-16-7-4-3-6-14(16)17/h3-4,6-9,13,15H,2,5,10-12H2,1H3/t13-,15-/m1/s1. The maximum absolute atomic E-state index is 11.8. The van der Waals surface area contributed by atoms with Gasteiger partial charge in [-0.25, -0.2) is 0 Å². The van der Waals surface area contributed by atoms with Crippen molar-refractivity contribution in [3.8, 4) is 5.75 Å². The molecule has 0 saturated heterocycles. The van der Waals surface area contributed by atoms with Crippen LogP contribution in [0.3, 0.4) is 0 Å². The highest BCUT2D eigenvalue weighted by molar-refractivity contribution is 5.84. The Morgan fingerprint density at radius 1 is 1.27 bits per heavy atom. The Kier molecular flexibility index (Phi) is 4.56. The normalized spacial score (nSPS) is 19.9. The van der Waals surface area contributed by atoms with Gasteiger partial charge >= 0.3 is 5.97 Å². The molecule has 0 amide bonds. The molecule has 22 heavy (non-hydrogen) atoms. The van der Waals surface area contributed by atoms with E-state index in [-0.39, 0.29) is 11.9 Å². The molecule has 0 aliphatic heterocycles. The molecule has 2 aromatic rings. The lowest BCUT2D eigenvalue weighted by Crippen LogP contribution is -2.14. The van der Waals surface area contributed by atoms with Crippen LogP contribution in [0.5, 0.6) is 5.75 Å². The molecule has 0 N–H and O–H groups in total. The summed E-state index contributed by atoms with van der Waals surface area (Å²) in [6, 6.07) is 9.66. The van der Waals surface area contributed by atoms with Crippen molar-refractivity contribution in [2.24, 2.45) is 11.8 Å². The van der Waals surface area contributed by atoms with Crippen LogP contribution in [-0.4, -0.2) is 24.2 Å². The highest BCUT2D eigenvalue weighted by Gasteiger charge is 2.43. The lowest BCUT2D eigenvalue weighted by Gasteiger charge is -2.09. The number of hydrogen-bond donors (Lipinski definition) is 0. The molecule has 1 aliphatic carbocycles. The van der Waals surface area contributed by atoms with E-state index in [1.54, 1.807) is 6.20 Å². The van der Waals surface area contributed by atoms with Gasteiger partial charge in [0.25, 0.3) is 0 Å². The molecule has 0 bridgehead atoms. The van der Waals surface area contributed by atoms with Crippen LogP contribution in [0.4, 0.5) is 0 Å². The van der Waals surface area contributed by atoms with Crippen molar-refractivity contribution in [3.05, 3.63) is 36.5 Å². The third-order valence-electron chi connectivity index (χ3n) is 4.08. The van der Waals surface area contributed by atoms with Gasteiger partial charge in [0.05, 0.1) is 11.4 Å². The molecular weight excluding hydrogens is 278 g/mol. The van der Waals surface area contributed by atoms with Gasteiger partial charge in [-0.05, 0) is 37.0 Å². The molecule has 3 rings (SSSR count). The summed E-state index contributed by atoms with van der Waals surface area (Å²) in [5, 5.41) is 0.974. The van der Waals surface area contributed by atoms with E-state index in [9.17, 15) is 4.79 Å². The molecule has 4 nitrogen and oxygen atoms in total. The molecular formula is C18H21NO3. The SMILES string of the molecule is CCC[C@@H]1C[C@H]1C(=O)OCCOc1ccnc2ccccc12. The van der Waals surface area contributed by atoms with Gasteiger partial charge in [-0.15, -0.1) is 0 Å². The topological polar surface area (TPSA) is 48.4 Å². The predicted octanol–water partition coefficient (Wildman–Crippen LogP) is 3.59. The summed E-state index contributed by atoms with van der Waals surface area (Å²) in [4.78, 5) is 16.1. The molecule has 0 spiro atoms. The zero-order chi connectivity index (χ0) is 15.4. The zero-order valence-corrected chi connectivity index (χ0v) is 12.8. The van der Waals surface area contributed by atoms with E-state index in [2.05, 4.69) is 11.9 Å². The number of carbonyl (C=O) groups excluding carboxylic acids is 1. The van der Waals surface area contributed by atoms with Crippen LogP contribution in [0.15, 0.2) is 36.5 Å². The lowest BCUT2D eigenvalue weighted by molar-refractivity contribution is -0.146. The van der Waals surface area contributed by atoms with Gasteiger partial charge in [-0.1, -0.05) is 25.5 Å². The van der Waals surface area contributed by atoms with Crippen molar-refractivity contribution >= 4 is 16.9 Å². The van der Waals surface area contributed by atoms with Gasteiger partial charge < -0.3 is 9.47 Å². The second-order valence-electron chi connectivity index (χ2n) is 5.73. The molecule has 1 aromatic carbocycles. The number of carbonyl (C=O) groups is 1. The Balaban J connectivity index is 1.46. The van der Waals surface area contributed by atoms with E-state index < -0.39 is 0 Å². The maximum atomic E-state index is 11.8. The Morgan fingerprint density at radius 3 is 3.00 bits per heavy atom. The average Bonchev–Trinajstić information content (AvgIpc) is 3.31. The van der Waals surface area contributed by atoms with Crippen molar-refractivity contribution in [3.63, 3.8) is 0 Å². The number of fused-ring (bicyclic) bond motifs is 1. The van der Waals surface area contributed by atoms with Crippen LogP contribution in [0, 0.1) is 11.8 Å². The zero-order valence-electron chi connectivity index (χ0n) is 12.8. The van der Waals surface area contributed by atoms with Crippen molar-refractivity contribution in [2.45, 2.75) is 26.2 Å². The van der Waals surface area contributed by atoms with Gasteiger partial charge in [-0.3, -0.25) is 9.78 Å². The van der Waals surface area contributed by atoms with E-state index in [0.717, 1.165) is 35.9 Å². The summed E-state index contributed by atoms with van der Waals surface area (Å²) in [5.41, 5.74) is 0.900. The number of pyridine rings is 1. The Bertz CT molecular complexity index is 650. The molecule has 0 radical (unpaired) electrons. The van der Waals surface area contributed by atoms with Crippen molar-refractivity contribution in [2.75, 3.05) is 13.2 Å². The summed E-state index contributed by atoms with van der Waals surface area (Å²) >= 11 is 0. The second kappa shape index (κ2) is 6.77. The highest BCUT2D eigenvalue weighted by Crippen LogP contribution is 2.42.